The highest BCUT2D eigenvalue weighted by Gasteiger charge is 2.21. The van der Waals surface area contributed by atoms with Crippen LogP contribution in [0.1, 0.15) is 42.1 Å². The molecule has 3 heterocycles. The molecule has 3 aromatic rings. The molecule has 0 bridgehead atoms. The molecule has 28 heavy (non-hydrogen) atoms. The molecular formula is C20H22N4O2S2. The molecule has 0 spiro atoms. The van der Waals surface area contributed by atoms with E-state index in [4.69, 9.17) is 4.42 Å². The number of allylic oxidation sites excluding steroid dienone is 2. The lowest BCUT2D eigenvalue weighted by molar-refractivity contribution is -0.127. The fourth-order valence-corrected chi connectivity index (χ4v) is 4.58. The van der Waals surface area contributed by atoms with Gasteiger partial charge in [-0.05, 0) is 49.3 Å². The topological polar surface area (TPSA) is 75.0 Å². The number of rotatable bonds is 8. The normalized spacial score (nSPS) is 14.1. The molecule has 1 amide bonds. The first-order valence-electron chi connectivity index (χ1n) is 9.36. The lowest BCUT2D eigenvalue weighted by Crippen LogP contribution is -2.32. The van der Waals surface area contributed by atoms with Crippen molar-refractivity contribution in [2.75, 3.05) is 5.75 Å². The smallest absolute Gasteiger partial charge is 0.237 e. The zero-order valence-electron chi connectivity index (χ0n) is 15.5. The Bertz CT molecular complexity index is 916. The van der Waals surface area contributed by atoms with Gasteiger partial charge in [0.15, 0.2) is 0 Å². The van der Waals surface area contributed by atoms with E-state index in [9.17, 15) is 4.79 Å². The number of nitrogens with zero attached hydrogens (tertiary/aromatic N) is 3. The largest absolute Gasteiger partial charge is 0.467 e. The van der Waals surface area contributed by atoms with E-state index in [2.05, 4.69) is 27.3 Å². The zero-order chi connectivity index (χ0) is 19.2. The molecule has 1 aliphatic rings. The van der Waals surface area contributed by atoms with Crippen molar-refractivity contribution in [3.8, 4) is 0 Å². The maximum absolute atomic E-state index is 13.0. The average Bonchev–Trinajstić information content (AvgIpc) is 3.49. The highest BCUT2D eigenvalue weighted by molar-refractivity contribution is 7.99. The third-order valence-electron chi connectivity index (χ3n) is 4.57. The molecule has 1 aliphatic carbocycles. The number of thioether (sulfide) groups is 1. The summed E-state index contributed by atoms with van der Waals surface area (Å²) < 4.78 is 5.46. The maximum atomic E-state index is 13.0. The van der Waals surface area contributed by atoms with Crippen LogP contribution in [0.4, 0.5) is 0 Å². The monoisotopic (exact) mass is 414 g/mol. The predicted molar refractivity (Wildman–Crippen MR) is 110 cm³/mol. The number of hydrogen-bond donors (Lipinski definition) is 1. The van der Waals surface area contributed by atoms with Gasteiger partial charge in [-0.3, -0.25) is 9.89 Å². The molecule has 6 nitrogen and oxygen atoms in total. The van der Waals surface area contributed by atoms with Crippen LogP contribution >= 0.6 is 23.1 Å². The molecule has 146 valence electrons. The van der Waals surface area contributed by atoms with Crippen LogP contribution in [0.15, 0.2) is 57.3 Å². The summed E-state index contributed by atoms with van der Waals surface area (Å²) in [7, 11) is 0. The molecule has 8 heteroatoms. The Balaban J connectivity index is 1.38. The van der Waals surface area contributed by atoms with Gasteiger partial charge in [0.2, 0.25) is 11.1 Å². The number of H-pyrrole nitrogens is 1. The highest BCUT2D eigenvalue weighted by Crippen LogP contribution is 2.25. The molecule has 0 unspecified atom stereocenters. The fourth-order valence-electron chi connectivity index (χ4n) is 3.18. The van der Waals surface area contributed by atoms with Gasteiger partial charge in [0.1, 0.15) is 11.6 Å². The van der Waals surface area contributed by atoms with Crippen molar-refractivity contribution in [2.24, 2.45) is 0 Å². The first kappa shape index (κ1) is 19.0. The van der Waals surface area contributed by atoms with Crippen molar-refractivity contribution >= 4 is 29.0 Å². The van der Waals surface area contributed by atoms with E-state index in [-0.39, 0.29) is 5.91 Å². The third-order valence-corrected chi connectivity index (χ3v) is 6.27. The first-order valence-corrected chi connectivity index (χ1v) is 11.2. The number of nitrogens with one attached hydrogen (secondary N) is 1. The zero-order valence-corrected chi connectivity index (χ0v) is 17.1. The van der Waals surface area contributed by atoms with E-state index in [1.54, 1.807) is 17.6 Å². The standard InChI is InChI=1S/C20H22N4O2S2/c25-19(14-28-20-21-18(22-23-20)12-17-9-5-11-27-17)24(13-16-8-4-10-26-16)15-6-2-1-3-7-15/h4-6,8-11H,1-3,7,12-14H2,(H,21,22,23). The molecule has 3 aromatic heterocycles. The summed E-state index contributed by atoms with van der Waals surface area (Å²) in [5, 5.41) is 9.87. The second-order valence-corrected chi connectivity index (χ2v) is 8.58. The van der Waals surface area contributed by atoms with Crippen molar-refractivity contribution in [1.29, 1.82) is 0 Å². The van der Waals surface area contributed by atoms with Crippen LogP contribution < -0.4 is 0 Å². The van der Waals surface area contributed by atoms with Crippen molar-refractivity contribution in [1.82, 2.24) is 20.1 Å². The lowest BCUT2D eigenvalue weighted by atomic mass is 10.0. The number of carbonyl (C=O) groups is 1. The third kappa shape index (κ3) is 4.94. The average molecular weight is 415 g/mol. The van der Waals surface area contributed by atoms with Crippen LogP contribution in [-0.4, -0.2) is 31.7 Å². The number of aromatic amines is 1. The summed E-state index contributed by atoms with van der Waals surface area (Å²) in [5.41, 5.74) is 1.10. The number of carbonyl (C=O) groups excluding carboxylic acids is 1. The van der Waals surface area contributed by atoms with Crippen LogP contribution in [0.5, 0.6) is 0 Å². The van der Waals surface area contributed by atoms with Crippen LogP contribution in [-0.2, 0) is 17.8 Å². The van der Waals surface area contributed by atoms with Crippen molar-refractivity contribution in [3.63, 3.8) is 0 Å². The van der Waals surface area contributed by atoms with E-state index in [1.165, 1.54) is 23.1 Å². The number of aromatic nitrogens is 3. The molecule has 0 atom stereocenters. The predicted octanol–water partition coefficient (Wildman–Crippen LogP) is 4.63. The maximum Gasteiger partial charge on any atom is 0.237 e. The second-order valence-electron chi connectivity index (χ2n) is 6.61. The Kier molecular flexibility index (Phi) is 6.28. The molecule has 4 rings (SSSR count). The van der Waals surface area contributed by atoms with E-state index in [1.807, 2.05) is 28.5 Å². The van der Waals surface area contributed by atoms with Gasteiger partial charge in [-0.1, -0.05) is 23.9 Å². The van der Waals surface area contributed by atoms with E-state index in [0.717, 1.165) is 43.0 Å². The molecule has 0 fully saturated rings. The molecule has 0 radical (unpaired) electrons. The molecular weight excluding hydrogens is 392 g/mol. The minimum Gasteiger partial charge on any atom is -0.467 e. The Labute approximate surface area is 172 Å². The Morgan fingerprint density at radius 1 is 1.32 bits per heavy atom. The molecule has 0 aliphatic heterocycles. The van der Waals surface area contributed by atoms with Gasteiger partial charge in [0.25, 0.3) is 0 Å². The van der Waals surface area contributed by atoms with Gasteiger partial charge in [0, 0.05) is 17.0 Å². The number of hydrogen-bond acceptors (Lipinski definition) is 6. The summed E-state index contributed by atoms with van der Waals surface area (Å²) in [6.45, 7) is 0.468. The van der Waals surface area contributed by atoms with Crippen LogP contribution in [0.3, 0.4) is 0 Å². The van der Waals surface area contributed by atoms with Gasteiger partial charge < -0.3 is 9.32 Å². The van der Waals surface area contributed by atoms with Gasteiger partial charge >= 0.3 is 0 Å². The molecule has 0 aromatic carbocycles. The Hall–Kier alpha value is -2.32. The lowest BCUT2D eigenvalue weighted by Gasteiger charge is -2.26. The Morgan fingerprint density at radius 3 is 3.04 bits per heavy atom. The number of amides is 1. The van der Waals surface area contributed by atoms with Crippen LogP contribution in [0, 0.1) is 0 Å². The van der Waals surface area contributed by atoms with Crippen LogP contribution in [0.2, 0.25) is 0 Å². The van der Waals surface area contributed by atoms with Gasteiger partial charge in [-0.15, -0.1) is 16.4 Å². The highest BCUT2D eigenvalue weighted by atomic mass is 32.2. The fraction of sp³-hybridized carbons (Fsp3) is 0.350. The molecule has 1 N–H and O–H groups in total. The van der Waals surface area contributed by atoms with E-state index in [0.29, 0.717) is 17.5 Å². The summed E-state index contributed by atoms with van der Waals surface area (Å²) in [6, 6.07) is 7.86. The quantitative estimate of drug-likeness (QED) is 0.544. The van der Waals surface area contributed by atoms with Crippen molar-refractivity contribution in [3.05, 3.63) is 64.1 Å². The van der Waals surface area contributed by atoms with Crippen LogP contribution in [0.25, 0.3) is 0 Å². The van der Waals surface area contributed by atoms with Gasteiger partial charge in [-0.2, -0.15) is 0 Å². The van der Waals surface area contributed by atoms with Crippen molar-refractivity contribution < 1.29 is 9.21 Å². The summed E-state index contributed by atoms with van der Waals surface area (Å²) in [4.78, 5) is 20.6. The minimum atomic E-state index is 0.0548. The minimum absolute atomic E-state index is 0.0548. The Morgan fingerprint density at radius 2 is 2.29 bits per heavy atom. The van der Waals surface area contributed by atoms with Gasteiger partial charge in [-0.25, -0.2) is 4.98 Å². The first-order chi connectivity index (χ1) is 13.8. The second kappa shape index (κ2) is 9.25. The summed E-state index contributed by atoms with van der Waals surface area (Å²) in [5.74, 6) is 1.97. The summed E-state index contributed by atoms with van der Waals surface area (Å²) in [6.07, 6.45) is 8.82. The van der Waals surface area contributed by atoms with Gasteiger partial charge in [0.05, 0.1) is 18.6 Å². The van der Waals surface area contributed by atoms with E-state index >= 15 is 0 Å². The van der Waals surface area contributed by atoms with E-state index < -0.39 is 0 Å². The molecule has 0 saturated carbocycles. The molecule has 0 saturated heterocycles. The van der Waals surface area contributed by atoms with Crippen molar-refractivity contribution in [2.45, 2.75) is 43.8 Å². The number of furan rings is 1. The summed E-state index contributed by atoms with van der Waals surface area (Å²) >= 11 is 3.06. The SMILES string of the molecule is O=C(CSc1n[nH]c(Cc2cccs2)n1)N(Cc1ccco1)C1=CCCCC1. The number of thiophene rings is 1.